The van der Waals surface area contributed by atoms with Crippen molar-refractivity contribution in [2.75, 3.05) is 32.6 Å². The molecular weight excluding hydrogens is 258 g/mol. The lowest BCUT2D eigenvalue weighted by Gasteiger charge is -2.11. The monoisotopic (exact) mass is 277 g/mol. The summed E-state index contributed by atoms with van der Waals surface area (Å²) in [6, 6.07) is 5.25. The first kappa shape index (κ1) is 14.2. The lowest BCUT2D eigenvalue weighted by Crippen LogP contribution is -2.33. The van der Waals surface area contributed by atoms with E-state index in [1.165, 1.54) is 4.90 Å². The molecule has 1 aliphatic rings. The second-order valence-electron chi connectivity index (χ2n) is 4.84. The third-order valence-electron chi connectivity index (χ3n) is 3.07. The molecule has 1 aliphatic heterocycles. The minimum absolute atomic E-state index is 0.0139. The van der Waals surface area contributed by atoms with E-state index in [9.17, 15) is 9.59 Å². The van der Waals surface area contributed by atoms with Gasteiger partial charge >= 0.3 is 6.03 Å². The number of ether oxygens (including phenoxy) is 1. The van der Waals surface area contributed by atoms with E-state index in [1.54, 1.807) is 20.2 Å². The van der Waals surface area contributed by atoms with E-state index in [-0.39, 0.29) is 11.9 Å². The molecule has 0 radical (unpaired) electrons. The number of hydrogen-bond donors (Lipinski definition) is 2. The molecule has 1 aromatic carbocycles. The Morgan fingerprint density at radius 1 is 1.35 bits per heavy atom. The van der Waals surface area contributed by atoms with Crippen molar-refractivity contribution in [2.24, 2.45) is 0 Å². The summed E-state index contributed by atoms with van der Waals surface area (Å²) in [6.07, 6.45) is 1.16. The number of rotatable bonds is 4. The number of nitrogens with one attached hydrogen (secondary N) is 2. The summed E-state index contributed by atoms with van der Waals surface area (Å²) >= 11 is 0. The quantitative estimate of drug-likeness (QED) is 0.869. The molecule has 6 heteroatoms. The van der Waals surface area contributed by atoms with E-state index in [0.717, 1.165) is 23.4 Å². The molecule has 20 heavy (non-hydrogen) atoms. The first-order chi connectivity index (χ1) is 9.56. The number of benzene rings is 1. The average molecular weight is 277 g/mol. The van der Waals surface area contributed by atoms with Crippen molar-refractivity contribution in [3.05, 3.63) is 23.8 Å². The van der Waals surface area contributed by atoms with Crippen molar-refractivity contribution in [3.8, 4) is 5.75 Å². The number of carbonyl (C=O) groups is 2. The fraction of sp³-hybridized carbons (Fsp3) is 0.429. The van der Waals surface area contributed by atoms with Crippen LogP contribution in [0.15, 0.2) is 18.2 Å². The first-order valence-corrected chi connectivity index (χ1v) is 6.57. The number of urea groups is 1. The molecule has 3 amide bonds. The van der Waals surface area contributed by atoms with E-state index in [4.69, 9.17) is 4.74 Å². The van der Waals surface area contributed by atoms with Crippen molar-refractivity contribution < 1.29 is 14.3 Å². The van der Waals surface area contributed by atoms with Crippen molar-refractivity contribution in [2.45, 2.75) is 12.8 Å². The molecule has 0 unspecified atom stereocenters. The minimum atomic E-state index is -0.310. The van der Waals surface area contributed by atoms with Gasteiger partial charge in [-0.15, -0.1) is 0 Å². The highest BCUT2D eigenvalue weighted by molar-refractivity contribution is 5.89. The zero-order valence-electron chi connectivity index (χ0n) is 11.7. The van der Waals surface area contributed by atoms with Crippen LogP contribution in [0.1, 0.15) is 12.0 Å². The lowest BCUT2D eigenvalue weighted by molar-refractivity contribution is -0.128. The highest BCUT2D eigenvalue weighted by atomic mass is 16.5. The van der Waals surface area contributed by atoms with Crippen molar-refractivity contribution in [1.82, 2.24) is 10.2 Å². The largest absolute Gasteiger partial charge is 0.493 e. The third-order valence-corrected chi connectivity index (χ3v) is 3.07. The summed E-state index contributed by atoms with van der Waals surface area (Å²) in [6.45, 7) is 1.01. The molecular formula is C14H19N3O3. The zero-order chi connectivity index (χ0) is 14.5. The summed E-state index contributed by atoms with van der Waals surface area (Å²) < 4.78 is 5.40. The number of anilines is 1. The van der Waals surface area contributed by atoms with Gasteiger partial charge in [0.2, 0.25) is 5.91 Å². The van der Waals surface area contributed by atoms with Gasteiger partial charge < -0.3 is 20.3 Å². The van der Waals surface area contributed by atoms with Crippen LogP contribution in [-0.2, 0) is 11.2 Å². The van der Waals surface area contributed by atoms with Crippen molar-refractivity contribution in [1.29, 1.82) is 0 Å². The van der Waals surface area contributed by atoms with Gasteiger partial charge in [0.15, 0.2) is 0 Å². The molecule has 0 spiro atoms. The Balaban J connectivity index is 1.78. The topological polar surface area (TPSA) is 70.7 Å². The van der Waals surface area contributed by atoms with E-state index < -0.39 is 0 Å². The maximum atomic E-state index is 11.7. The van der Waals surface area contributed by atoms with Crippen LogP contribution in [0, 0.1) is 0 Å². The molecule has 0 atom stereocenters. The van der Waals surface area contributed by atoms with Crippen LogP contribution < -0.4 is 15.4 Å². The Labute approximate surface area is 118 Å². The summed E-state index contributed by atoms with van der Waals surface area (Å²) in [5.41, 5.74) is 1.83. The van der Waals surface area contributed by atoms with Gasteiger partial charge in [0.05, 0.1) is 6.61 Å². The molecule has 0 bridgehead atoms. The molecule has 108 valence electrons. The number of carbonyl (C=O) groups excluding carboxylic acids is 2. The molecule has 1 aromatic rings. The lowest BCUT2D eigenvalue weighted by atomic mass is 10.1. The highest BCUT2D eigenvalue weighted by Crippen LogP contribution is 2.27. The molecule has 0 aliphatic carbocycles. The number of nitrogens with zero attached hydrogens (tertiary/aromatic N) is 1. The standard InChI is InChI=1S/C14H19N3O3/c1-17(2)13(18)5-7-15-14(19)16-11-3-4-12-10(9-11)6-8-20-12/h3-4,9H,5-8H2,1-2H3,(H2,15,16,19). The van der Waals surface area contributed by atoms with Gasteiger partial charge in [0.25, 0.3) is 0 Å². The Morgan fingerprint density at radius 3 is 2.90 bits per heavy atom. The van der Waals surface area contributed by atoms with Gasteiger partial charge in [-0.05, 0) is 23.8 Å². The number of fused-ring (bicyclic) bond motifs is 1. The highest BCUT2D eigenvalue weighted by Gasteiger charge is 2.13. The Hall–Kier alpha value is -2.24. The summed E-state index contributed by atoms with van der Waals surface area (Å²) in [4.78, 5) is 24.5. The van der Waals surface area contributed by atoms with Gasteiger partial charge in [-0.1, -0.05) is 0 Å². The minimum Gasteiger partial charge on any atom is -0.493 e. The van der Waals surface area contributed by atoms with Crippen molar-refractivity contribution in [3.63, 3.8) is 0 Å². The molecule has 2 N–H and O–H groups in total. The second-order valence-corrected chi connectivity index (χ2v) is 4.84. The normalized spacial score (nSPS) is 12.3. The molecule has 0 saturated heterocycles. The van der Waals surface area contributed by atoms with E-state index in [0.29, 0.717) is 19.6 Å². The van der Waals surface area contributed by atoms with Gasteiger partial charge in [-0.2, -0.15) is 0 Å². The second kappa shape index (κ2) is 6.27. The summed E-state index contributed by atoms with van der Waals surface area (Å²) in [5, 5.41) is 5.40. The van der Waals surface area contributed by atoms with E-state index in [1.807, 2.05) is 12.1 Å². The van der Waals surface area contributed by atoms with Crippen LogP contribution >= 0.6 is 0 Å². The predicted molar refractivity (Wildman–Crippen MR) is 76.0 cm³/mol. The zero-order valence-corrected chi connectivity index (χ0v) is 11.7. The molecule has 0 saturated carbocycles. The Bertz CT molecular complexity index is 514. The van der Waals surface area contributed by atoms with Crippen LogP contribution in [0.3, 0.4) is 0 Å². The van der Waals surface area contributed by atoms with Crippen LogP contribution in [0.5, 0.6) is 5.75 Å². The molecule has 0 fully saturated rings. The SMILES string of the molecule is CN(C)C(=O)CCNC(=O)Nc1ccc2c(c1)CCO2. The van der Waals surface area contributed by atoms with Gasteiger partial charge in [-0.25, -0.2) is 4.79 Å². The van der Waals surface area contributed by atoms with Crippen LogP contribution in [-0.4, -0.2) is 44.1 Å². The fourth-order valence-corrected chi connectivity index (χ4v) is 1.95. The van der Waals surface area contributed by atoms with E-state index >= 15 is 0 Å². The number of hydrogen-bond acceptors (Lipinski definition) is 3. The molecule has 6 nitrogen and oxygen atoms in total. The fourth-order valence-electron chi connectivity index (χ4n) is 1.95. The van der Waals surface area contributed by atoms with Gasteiger partial charge in [0, 0.05) is 39.2 Å². The maximum Gasteiger partial charge on any atom is 0.319 e. The first-order valence-electron chi connectivity index (χ1n) is 6.57. The molecule has 1 heterocycles. The Kier molecular flexibility index (Phi) is 4.45. The van der Waals surface area contributed by atoms with Gasteiger partial charge in [-0.3, -0.25) is 4.79 Å². The molecule has 2 rings (SSSR count). The van der Waals surface area contributed by atoms with Crippen LogP contribution in [0.2, 0.25) is 0 Å². The maximum absolute atomic E-state index is 11.7. The Morgan fingerprint density at radius 2 is 2.15 bits per heavy atom. The molecule has 0 aromatic heterocycles. The average Bonchev–Trinajstić information content (AvgIpc) is 2.85. The van der Waals surface area contributed by atoms with Crippen LogP contribution in [0.4, 0.5) is 10.5 Å². The number of amides is 3. The third kappa shape index (κ3) is 3.63. The van der Waals surface area contributed by atoms with Gasteiger partial charge in [0.1, 0.15) is 5.75 Å². The van der Waals surface area contributed by atoms with Crippen molar-refractivity contribution >= 4 is 17.6 Å². The predicted octanol–water partition coefficient (Wildman–Crippen LogP) is 1.22. The summed E-state index contributed by atoms with van der Waals surface area (Å²) in [5.74, 6) is 0.868. The smallest absolute Gasteiger partial charge is 0.319 e. The van der Waals surface area contributed by atoms with Crippen LogP contribution in [0.25, 0.3) is 0 Å². The van der Waals surface area contributed by atoms with E-state index in [2.05, 4.69) is 10.6 Å². The summed E-state index contributed by atoms with van der Waals surface area (Å²) in [7, 11) is 3.38.